The molecule has 0 aliphatic carbocycles. The van der Waals surface area contributed by atoms with E-state index in [-0.39, 0.29) is 11.2 Å². The summed E-state index contributed by atoms with van der Waals surface area (Å²) in [6.45, 7) is 1.82. The Hall–Kier alpha value is -1.92. The second-order valence-corrected chi connectivity index (χ2v) is 6.91. The number of methoxy groups -OCH3 is 1. The zero-order valence-electron chi connectivity index (χ0n) is 12.1. The molecule has 1 aromatic carbocycles. The Morgan fingerprint density at radius 2 is 2.05 bits per heavy atom. The molecular weight excluding hydrogens is 316 g/mol. The SMILES string of the molecule is COC(=O)C(C)Sc1nc(-c2cccs2)nc2ccccc12. The molecule has 2 aromatic heterocycles. The van der Waals surface area contributed by atoms with Crippen LogP contribution >= 0.6 is 23.1 Å². The second-order valence-electron chi connectivity index (χ2n) is 4.63. The third-order valence-electron chi connectivity index (χ3n) is 3.13. The molecule has 0 saturated heterocycles. The number of aromatic nitrogens is 2. The smallest absolute Gasteiger partial charge is 0.318 e. The Kier molecular flexibility index (Phi) is 4.40. The number of rotatable bonds is 4. The Morgan fingerprint density at radius 1 is 1.23 bits per heavy atom. The van der Waals surface area contributed by atoms with E-state index in [9.17, 15) is 4.79 Å². The summed E-state index contributed by atoms with van der Waals surface area (Å²) in [5.74, 6) is 0.429. The molecule has 1 unspecified atom stereocenters. The highest BCUT2D eigenvalue weighted by molar-refractivity contribution is 8.00. The number of esters is 1. The minimum atomic E-state index is -0.320. The lowest BCUT2D eigenvalue weighted by Crippen LogP contribution is -2.15. The number of thioether (sulfide) groups is 1. The van der Waals surface area contributed by atoms with Gasteiger partial charge in [0.2, 0.25) is 0 Å². The first-order chi connectivity index (χ1) is 10.7. The van der Waals surface area contributed by atoms with Gasteiger partial charge < -0.3 is 4.74 Å². The molecule has 0 saturated carbocycles. The number of benzene rings is 1. The predicted octanol–water partition coefficient (Wildman–Crippen LogP) is 4.01. The number of ether oxygens (including phenoxy) is 1. The number of carbonyl (C=O) groups is 1. The zero-order valence-corrected chi connectivity index (χ0v) is 13.8. The topological polar surface area (TPSA) is 52.1 Å². The van der Waals surface area contributed by atoms with Gasteiger partial charge in [0.05, 0.1) is 17.5 Å². The van der Waals surface area contributed by atoms with Crippen LogP contribution in [-0.4, -0.2) is 28.3 Å². The largest absolute Gasteiger partial charge is 0.468 e. The van der Waals surface area contributed by atoms with Crippen molar-refractivity contribution in [1.29, 1.82) is 0 Å². The molecular formula is C16H14N2O2S2. The highest BCUT2D eigenvalue weighted by Gasteiger charge is 2.18. The maximum atomic E-state index is 11.7. The number of nitrogens with zero attached hydrogens (tertiary/aromatic N) is 2. The van der Waals surface area contributed by atoms with Gasteiger partial charge in [-0.3, -0.25) is 4.79 Å². The number of hydrogen-bond donors (Lipinski definition) is 0. The van der Waals surface area contributed by atoms with Crippen molar-refractivity contribution in [2.24, 2.45) is 0 Å². The van der Waals surface area contributed by atoms with Crippen LogP contribution in [0.5, 0.6) is 0 Å². The molecule has 0 radical (unpaired) electrons. The highest BCUT2D eigenvalue weighted by atomic mass is 32.2. The molecule has 0 aliphatic rings. The Morgan fingerprint density at radius 3 is 2.77 bits per heavy atom. The van der Waals surface area contributed by atoms with Gasteiger partial charge in [0.15, 0.2) is 5.82 Å². The lowest BCUT2D eigenvalue weighted by Gasteiger charge is -2.11. The summed E-state index contributed by atoms with van der Waals surface area (Å²) in [5, 5.41) is 3.42. The van der Waals surface area contributed by atoms with E-state index >= 15 is 0 Å². The van der Waals surface area contributed by atoms with Gasteiger partial charge in [-0.2, -0.15) is 0 Å². The first-order valence-corrected chi connectivity index (χ1v) is 8.50. The van der Waals surface area contributed by atoms with Crippen molar-refractivity contribution in [2.75, 3.05) is 7.11 Å². The average molecular weight is 330 g/mol. The average Bonchev–Trinajstić information content (AvgIpc) is 3.08. The number of para-hydroxylation sites is 1. The van der Waals surface area contributed by atoms with E-state index in [0.717, 1.165) is 20.8 Å². The first-order valence-electron chi connectivity index (χ1n) is 6.74. The molecule has 0 bridgehead atoms. The minimum absolute atomic E-state index is 0.259. The maximum absolute atomic E-state index is 11.7. The van der Waals surface area contributed by atoms with Crippen molar-refractivity contribution >= 4 is 40.0 Å². The molecule has 4 nitrogen and oxygen atoms in total. The summed E-state index contributed by atoms with van der Waals surface area (Å²) >= 11 is 2.99. The van der Waals surface area contributed by atoms with Gasteiger partial charge in [-0.05, 0) is 24.4 Å². The molecule has 6 heteroatoms. The summed E-state index contributed by atoms with van der Waals surface area (Å²) < 4.78 is 4.80. The molecule has 0 N–H and O–H groups in total. The molecule has 1 atom stereocenters. The van der Waals surface area contributed by atoms with Crippen LogP contribution in [0.25, 0.3) is 21.6 Å². The fourth-order valence-corrected chi connectivity index (χ4v) is 3.66. The standard InChI is InChI=1S/C16H14N2O2S2/c1-10(16(19)20-2)22-15-11-6-3-4-7-12(11)17-14(18-15)13-8-5-9-21-13/h3-10H,1-2H3. The molecule has 22 heavy (non-hydrogen) atoms. The van der Waals surface area contributed by atoms with Crippen LogP contribution in [0.1, 0.15) is 6.92 Å². The highest BCUT2D eigenvalue weighted by Crippen LogP contribution is 2.32. The lowest BCUT2D eigenvalue weighted by atomic mass is 10.2. The second kappa shape index (κ2) is 6.46. The number of hydrogen-bond acceptors (Lipinski definition) is 6. The predicted molar refractivity (Wildman–Crippen MR) is 90.2 cm³/mol. The van der Waals surface area contributed by atoms with Gasteiger partial charge >= 0.3 is 5.97 Å². The summed E-state index contributed by atoms with van der Waals surface area (Å²) in [5.41, 5.74) is 0.875. The fraction of sp³-hybridized carbons (Fsp3) is 0.188. The monoisotopic (exact) mass is 330 g/mol. The third-order valence-corrected chi connectivity index (χ3v) is 5.08. The van der Waals surface area contributed by atoms with Crippen molar-refractivity contribution in [3.63, 3.8) is 0 Å². The Balaban J connectivity index is 2.08. The number of thiophene rings is 1. The maximum Gasteiger partial charge on any atom is 0.318 e. The van der Waals surface area contributed by atoms with Gasteiger partial charge in [-0.15, -0.1) is 11.3 Å². The summed E-state index contributed by atoms with van der Waals surface area (Å²) in [6, 6.07) is 11.8. The van der Waals surface area contributed by atoms with Gasteiger partial charge in [0, 0.05) is 5.39 Å². The fourth-order valence-electron chi connectivity index (χ4n) is 2.03. The van der Waals surface area contributed by atoms with Crippen LogP contribution < -0.4 is 0 Å². The van der Waals surface area contributed by atoms with Crippen molar-refractivity contribution in [1.82, 2.24) is 9.97 Å². The van der Waals surface area contributed by atoms with Crippen LogP contribution in [0.2, 0.25) is 0 Å². The van der Waals surface area contributed by atoms with E-state index in [1.165, 1.54) is 18.9 Å². The normalized spacial score (nSPS) is 12.3. The molecule has 2 heterocycles. The minimum Gasteiger partial charge on any atom is -0.468 e. The molecule has 3 rings (SSSR count). The van der Waals surface area contributed by atoms with E-state index < -0.39 is 0 Å². The van der Waals surface area contributed by atoms with Crippen LogP contribution in [0, 0.1) is 0 Å². The molecule has 3 aromatic rings. The molecule has 0 fully saturated rings. The third kappa shape index (κ3) is 2.98. The number of carbonyl (C=O) groups excluding carboxylic acids is 1. The van der Waals surface area contributed by atoms with Crippen molar-refractivity contribution in [3.05, 3.63) is 41.8 Å². The van der Waals surface area contributed by atoms with Crippen LogP contribution in [0.3, 0.4) is 0 Å². The van der Waals surface area contributed by atoms with E-state index in [1.807, 2.05) is 48.7 Å². The zero-order chi connectivity index (χ0) is 15.5. The molecule has 0 aliphatic heterocycles. The van der Waals surface area contributed by atoms with E-state index in [0.29, 0.717) is 5.82 Å². The van der Waals surface area contributed by atoms with Gasteiger partial charge in [0.1, 0.15) is 10.3 Å². The van der Waals surface area contributed by atoms with Crippen molar-refractivity contribution < 1.29 is 9.53 Å². The molecule has 112 valence electrons. The van der Waals surface area contributed by atoms with Crippen molar-refractivity contribution in [2.45, 2.75) is 17.2 Å². The quantitative estimate of drug-likeness (QED) is 0.411. The summed E-state index contributed by atoms with van der Waals surface area (Å²) in [7, 11) is 1.40. The van der Waals surface area contributed by atoms with Gasteiger partial charge in [0.25, 0.3) is 0 Å². The van der Waals surface area contributed by atoms with Crippen LogP contribution in [-0.2, 0) is 9.53 Å². The molecule has 0 amide bonds. The van der Waals surface area contributed by atoms with E-state index in [2.05, 4.69) is 9.97 Å². The Labute approximate surface area is 136 Å². The Bertz CT molecular complexity index is 803. The van der Waals surface area contributed by atoms with E-state index in [1.54, 1.807) is 11.3 Å². The van der Waals surface area contributed by atoms with E-state index in [4.69, 9.17) is 4.74 Å². The summed E-state index contributed by atoms with van der Waals surface area (Å²) in [4.78, 5) is 22.0. The lowest BCUT2D eigenvalue weighted by molar-refractivity contribution is -0.139. The van der Waals surface area contributed by atoms with Gasteiger partial charge in [-0.1, -0.05) is 36.0 Å². The van der Waals surface area contributed by atoms with Gasteiger partial charge in [-0.25, -0.2) is 9.97 Å². The van der Waals surface area contributed by atoms with Crippen LogP contribution in [0.4, 0.5) is 0 Å². The van der Waals surface area contributed by atoms with Crippen molar-refractivity contribution in [3.8, 4) is 10.7 Å². The first kappa shape index (κ1) is 15.0. The number of fused-ring (bicyclic) bond motifs is 1. The summed E-state index contributed by atoms with van der Waals surface area (Å²) in [6.07, 6.45) is 0. The van der Waals surface area contributed by atoms with Crippen LogP contribution in [0.15, 0.2) is 46.8 Å². The molecule has 0 spiro atoms.